The van der Waals surface area contributed by atoms with E-state index in [4.69, 9.17) is 21.2 Å². The molecule has 0 N–H and O–H groups in total. The van der Waals surface area contributed by atoms with Gasteiger partial charge < -0.3 is 18.3 Å². The van der Waals surface area contributed by atoms with Crippen molar-refractivity contribution in [3.63, 3.8) is 0 Å². The zero-order valence-corrected chi connectivity index (χ0v) is 31.9. The van der Waals surface area contributed by atoms with E-state index in [2.05, 4.69) is 0 Å². The molecule has 0 fully saturated rings. The van der Waals surface area contributed by atoms with E-state index in [1.807, 2.05) is 48.5 Å². The monoisotopic (exact) mass is 812 g/mol. The minimum absolute atomic E-state index is 0.227. The van der Waals surface area contributed by atoms with Gasteiger partial charge >= 0.3 is 0 Å². The Morgan fingerprint density at radius 2 is 1.11 bits per heavy atom. The molecule has 0 aliphatic carbocycles. The minimum atomic E-state index is -0.967. The molecule has 0 radical (unpaired) electrons. The number of benzene rings is 10. The van der Waals surface area contributed by atoms with Gasteiger partial charge in [-0.2, -0.15) is 0 Å². The van der Waals surface area contributed by atoms with E-state index in [0.29, 0.717) is 38.5 Å². The van der Waals surface area contributed by atoms with Crippen molar-refractivity contribution >= 4 is 93.5 Å². The zero-order valence-electron chi connectivity index (χ0n) is 51.9. The molecular weight excluding hydrogens is 757 g/mol. The summed E-state index contributed by atoms with van der Waals surface area (Å²) in [6.07, 6.45) is 0. The van der Waals surface area contributed by atoms with Crippen LogP contribution in [0.3, 0.4) is 0 Å². The summed E-state index contributed by atoms with van der Waals surface area (Å²) in [5.41, 5.74) is -2.98. The molecule has 3 heterocycles. The van der Waals surface area contributed by atoms with Gasteiger partial charge in [0, 0.05) is 49.9 Å². The van der Waals surface area contributed by atoms with Crippen molar-refractivity contribution in [3.8, 4) is 27.9 Å². The Morgan fingerprint density at radius 3 is 1.94 bits per heavy atom. The highest BCUT2D eigenvalue weighted by molar-refractivity contribution is 6.23. The largest absolute Gasteiger partial charge is 0.456 e. The first-order valence-corrected chi connectivity index (χ1v) is 19.4. The maximum absolute atomic E-state index is 10.5. The van der Waals surface area contributed by atoms with E-state index >= 15 is 0 Å². The van der Waals surface area contributed by atoms with Crippen LogP contribution in [0.1, 0.15) is 27.4 Å². The molecular formula is C58H36N2O2. The average Bonchev–Trinajstić information content (AvgIpc) is 2.09. The molecule has 0 unspecified atom stereocenters. The molecule has 13 rings (SSSR count). The molecule has 0 spiro atoms. The number of hydrogen-bond donors (Lipinski definition) is 0. The van der Waals surface area contributed by atoms with Gasteiger partial charge in [-0.3, -0.25) is 0 Å². The first-order chi connectivity index (χ1) is 39.1. The van der Waals surface area contributed by atoms with Crippen LogP contribution in [0.4, 0.5) is 17.1 Å². The van der Waals surface area contributed by atoms with Gasteiger partial charge in [0.2, 0.25) is 0 Å². The second kappa shape index (κ2) is 13.6. The number of hydrogen-bond acceptors (Lipinski definition) is 3. The molecule has 0 amide bonds. The summed E-state index contributed by atoms with van der Waals surface area (Å²) in [6, 6.07) is 11.3. The summed E-state index contributed by atoms with van der Waals surface area (Å²) in [6.45, 7) is 0. The number of para-hydroxylation sites is 2. The summed E-state index contributed by atoms with van der Waals surface area (Å²) >= 11 is 0. The molecule has 62 heavy (non-hydrogen) atoms. The van der Waals surface area contributed by atoms with Crippen LogP contribution in [0, 0.1) is 0 Å². The van der Waals surface area contributed by atoms with Crippen LogP contribution in [-0.4, -0.2) is 4.57 Å². The Bertz CT molecular complexity index is 5000. The lowest BCUT2D eigenvalue weighted by Gasteiger charge is -2.27. The van der Waals surface area contributed by atoms with Crippen LogP contribution in [0.5, 0.6) is 0 Å². The fraction of sp³-hybridized carbons (Fsp3) is 0. The van der Waals surface area contributed by atoms with E-state index in [9.17, 15) is 15.1 Å². The zero-order chi connectivity index (χ0) is 58.1. The Kier molecular flexibility index (Phi) is 4.45. The number of anilines is 3. The summed E-state index contributed by atoms with van der Waals surface area (Å²) in [4.78, 5) is 1.55. The first-order valence-electron chi connectivity index (χ1n) is 29.4. The molecule has 4 nitrogen and oxygen atoms in total. The Labute approximate surface area is 384 Å². The maximum Gasteiger partial charge on any atom is 0.137 e. The van der Waals surface area contributed by atoms with Crippen molar-refractivity contribution in [1.82, 2.24) is 4.57 Å². The van der Waals surface area contributed by atoms with Crippen molar-refractivity contribution in [2.24, 2.45) is 0 Å². The molecule has 0 bridgehead atoms. The van der Waals surface area contributed by atoms with Crippen LogP contribution in [0.25, 0.3) is 104 Å². The second-order valence-electron chi connectivity index (χ2n) is 14.5. The predicted octanol–water partition coefficient (Wildman–Crippen LogP) is 16.5. The maximum atomic E-state index is 10.5. The van der Waals surface area contributed by atoms with Crippen LogP contribution in [0.2, 0.25) is 0 Å². The van der Waals surface area contributed by atoms with E-state index in [0.717, 1.165) is 20.7 Å². The Morgan fingerprint density at radius 1 is 0.435 bits per heavy atom. The first kappa shape index (κ1) is 20.3. The molecule has 0 atom stereocenters. The van der Waals surface area contributed by atoms with Crippen molar-refractivity contribution in [2.75, 3.05) is 4.90 Å². The normalized spacial score (nSPS) is 16.4. The lowest BCUT2D eigenvalue weighted by atomic mass is 9.95. The summed E-state index contributed by atoms with van der Waals surface area (Å²) in [7, 11) is 0. The lowest BCUT2D eigenvalue weighted by Crippen LogP contribution is -2.11. The number of aromatic nitrogens is 1. The van der Waals surface area contributed by atoms with Crippen molar-refractivity contribution in [3.05, 3.63) is 218 Å². The summed E-state index contributed by atoms with van der Waals surface area (Å²) < 4.78 is 200. The highest BCUT2D eigenvalue weighted by Crippen LogP contribution is 2.50. The van der Waals surface area contributed by atoms with Crippen molar-refractivity contribution < 1.29 is 36.2 Å². The van der Waals surface area contributed by atoms with E-state index < -0.39 is 165 Å². The van der Waals surface area contributed by atoms with Crippen LogP contribution >= 0.6 is 0 Å². The number of rotatable bonds is 6. The smallest absolute Gasteiger partial charge is 0.137 e. The third kappa shape index (κ3) is 5.27. The fourth-order valence-electron chi connectivity index (χ4n) is 8.56. The Hall–Kier alpha value is -8.34. The van der Waals surface area contributed by atoms with Gasteiger partial charge in [0.1, 0.15) is 22.3 Å². The lowest BCUT2D eigenvalue weighted by molar-refractivity contribution is 0.669. The average molecular weight is 813 g/mol. The van der Waals surface area contributed by atoms with Gasteiger partial charge in [-0.1, -0.05) is 133 Å². The van der Waals surface area contributed by atoms with Crippen LogP contribution < -0.4 is 4.90 Å². The molecule has 13 aromatic rings. The quantitative estimate of drug-likeness (QED) is 0.168. The Balaban J connectivity index is 1.35. The van der Waals surface area contributed by atoms with E-state index in [-0.39, 0.29) is 22.4 Å². The SMILES string of the molecule is [2H]c1c([2H])c([2H])c(-c2c([2H])c(-c3c([2H])c([2H])c([2H])c([2H])c3[2H])c3c(c2[2H])c2c(N(c4ccc5c(c4)oc4ccccc45)c4cccc5oc6cc7ccccc7cc6c45)c([2H])c([2H])c([2H])c2n3-c2c([2H])c([2H])c([2H])c([2H])c2[2H])c([2H])c1[2H]. The summed E-state index contributed by atoms with van der Waals surface area (Å²) in [5.74, 6) is 0. The van der Waals surface area contributed by atoms with Gasteiger partial charge in [-0.25, -0.2) is 0 Å². The molecule has 3 aromatic heterocycles. The molecule has 0 saturated heterocycles. The fourth-order valence-corrected chi connectivity index (χ4v) is 8.56. The summed E-state index contributed by atoms with van der Waals surface area (Å²) in [5, 5.41) is 3.26. The molecule has 0 aliphatic rings. The van der Waals surface area contributed by atoms with E-state index in [1.54, 1.807) is 53.4 Å². The topological polar surface area (TPSA) is 34.5 Å². The predicted molar refractivity (Wildman–Crippen MR) is 258 cm³/mol. The molecule has 290 valence electrons. The highest BCUT2D eigenvalue weighted by atomic mass is 16.3. The molecule has 0 aliphatic heterocycles. The highest BCUT2D eigenvalue weighted by Gasteiger charge is 2.26. The van der Waals surface area contributed by atoms with E-state index in [1.165, 1.54) is 0 Å². The van der Waals surface area contributed by atoms with Crippen molar-refractivity contribution in [2.45, 2.75) is 0 Å². The third-order valence-electron chi connectivity index (χ3n) is 11.1. The van der Waals surface area contributed by atoms with Gasteiger partial charge in [0.15, 0.2) is 0 Å². The van der Waals surface area contributed by atoms with Gasteiger partial charge in [-0.05, 0) is 106 Å². The standard InChI is InChI=1S/C58H36N2O2/c1-4-16-37(17-5-1)41-33-46(38-18-6-2-7-19-38)58-48(34-41)56-49(25-14-26-50(56)60(58)42-22-8-3-9-23-42)59(43-30-31-45-44-24-12-13-28-52(44)61-55(45)36-43)51-27-15-29-53-57(51)47-32-39-20-10-11-21-40(39)35-54(47)62-53/h1-36H/i1D,2D,3D,4D,5D,6D,7D,8D,9D,14D,16D,17D,18D,19D,22D,23D,25D,26D,33D,34D. The van der Waals surface area contributed by atoms with Gasteiger partial charge in [-0.15, -0.1) is 0 Å². The third-order valence-corrected chi connectivity index (χ3v) is 11.1. The number of furan rings is 2. The molecule has 10 aromatic carbocycles. The van der Waals surface area contributed by atoms with Gasteiger partial charge in [0.05, 0.1) is 55.2 Å². The number of fused-ring (bicyclic) bond motifs is 10. The molecule has 4 heteroatoms. The van der Waals surface area contributed by atoms with Crippen LogP contribution in [-0.2, 0) is 0 Å². The second-order valence-corrected chi connectivity index (χ2v) is 14.5. The number of nitrogens with zero attached hydrogens (tertiary/aromatic N) is 2. The van der Waals surface area contributed by atoms with Crippen molar-refractivity contribution in [1.29, 1.82) is 0 Å². The van der Waals surface area contributed by atoms with Crippen LogP contribution in [0.15, 0.2) is 227 Å². The minimum Gasteiger partial charge on any atom is -0.456 e. The van der Waals surface area contributed by atoms with Gasteiger partial charge in [0.25, 0.3) is 0 Å². The molecule has 0 saturated carbocycles.